The van der Waals surface area contributed by atoms with Crippen LogP contribution >= 0.6 is 0 Å². The zero-order valence-electron chi connectivity index (χ0n) is 12.3. The average molecular weight is 281 g/mol. The lowest BCUT2D eigenvalue weighted by atomic mass is 10.2. The maximum Gasteiger partial charge on any atom is 0.208 e. The highest BCUT2D eigenvalue weighted by molar-refractivity contribution is 5.80. The number of morpholine rings is 1. The normalized spacial score (nSPS) is 30.1. The molecule has 1 aliphatic carbocycles. The lowest BCUT2D eigenvalue weighted by molar-refractivity contribution is 0.0195. The zero-order valence-corrected chi connectivity index (χ0v) is 12.3. The van der Waals surface area contributed by atoms with Crippen molar-refractivity contribution < 1.29 is 4.74 Å². The summed E-state index contributed by atoms with van der Waals surface area (Å²) in [6.07, 6.45) is 6.24. The summed E-state index contributed by atoms with van der Waals surface area (Å²) in [5, 5.41) is 0. The maximum absolute atomic E-state index is 5.70. The van der Waals surface area contributed by atoms with E-state index < -0.39 is 0 Å². The highest BCUT2D eigenvalue weighted by Crippen LogP contribution is 2.22. The third-order valence-electron chi connectivity index (χ3n) is 4.78. The molecule has 0 aromatic heterocycles. The predicted molar refractivity (Wildman–Crippen MR) is 79.4 cm³/mol. The molecule has 1 saturated carbocycles. The number of aliphatic imine (C=N–C) groups is 1. The number of hydrogen-bond acceptors (Lipinski definition) is 4. The molecule has 114 valence electrons. The van der Waals surface area contributed by atoms with E-state index in [1.54, 1.807) is 0 Å². The van der Waals surface area contributed by atoms with Crippen LogP contribution in [0.3, 0.4) is 0 Å². The first-order valence-corrected chi connectivity index (χ1v) is 7.98. The Balaban J connectivity index is 1.56. The number of nitrogens with one attached hydrogen (secondary N) is 1. The van der Waals surface area contributed by atoms with Crippen molar-refractivity contribution in [2.75, 3.05) is 39.4 Å². The Morgan fingerprint density at radius 2 is 1.85 bits per heavy atom. The molecular weight excluding hydrogens is 254 g/mol. The van der Waals surface area contributed by atoms with Gasteiger partial charge in [-0.3, -0.25) is 10.3 Å². The van der Waals surface area contributed by atoms with E-state index in [4.69, 9.17) is 15.6 Å². The molecule has 0 spiro atoms. The monoisotopic (exact) mass is 281 g/mol. The Kier molecular flexibility index (Phi) is 4.75. The summed E-state index contributed by atoms with van der Waals surface area (Å²) < 4.78 is 5.43. The van der Waals surface area contributed by atoms with Gasteiger partial charge in [0.15, 0.2) is 0 Å². The molecule has 0 aromatic carbocycles. The fourth-order valence-corrected chi connectivity index (χ4v) is 3.59. The SMILES string of the molecule is NNC(=NC1CCCC1)N1CCC(N2CCOCC2)C1. The lowest BCUT2D eigenvalue weighted by Crippen LogP contribution is -2.48. The molecule has 3 aliphatic rings. The molecule has 0 aromatic rings. The largest absolute Gasteiger partial charge is 0.379 e. The second kappa shape index (κ2) is 6.74. The molecule has 1 atom stereocenters. The number of nitrogens with zero attached hydrogens (tertiary/aromatic N) is 3. The van der Waals surface area contributed by atoms with Crippen LogP contribution in [0, 0.1) is 0 Å². The van der Waals surface area contributed by atoms with Gasteiger partial charge >= 0.3 is 0 Å². The number of likely N-dealkylation sites (tertiary alicyclic amines) is 1. The van der Waals surface area contributed by atoms with Gasteiger partial charge in [-0.05, 0) is 19.3 Å². The summed E-state index contributed by atoms with van der Waals surface area (Å²) in [5.41, 5.74) is 2.83. The lowest BCUT2D eigenvalue weighted by Gasteiger charge is -2.32. The van der Waals surface area contributed by atoms with Crippen LogP contribution in [0.4, 0.5) is 0 Å². The van der Waals surface area contributed by atoms with Crippen LogP contribution in [0.2, 0.25) is 0 Å². The van der Waals surface area contributed by atoms with Gasteiger partial charge in [0.05, 0.1) is 19.3 Å². The highest BCUT2D eigenvalue weighted by Gasteiger charge is 2.30. The first kappa shape index (κ1) is 14.1. The molecule has 0 amide bonds. The molecule has 3 N–H and O–H groups in total. The Morgan fingerprint density at radius 1 is 1.10 bits per heavy atom. The molecule has 0 bridgehead atoms. The van der Waals surface area contributed by atoms with E-state index in [-0.39, 0.29) is 0 Å². The van der Waals surface area contributed by atoms with Crippen LogP contribution < -0.4 is 11.3 Å². The van der Waals surface area contributed by atoms with Crippen LogP contribution in [0.1, 0.15) is 32.1 Å². The summed E-state index contributed by atoms with van der Waals surface area (Å²) in [7, 11) is 0. The molecule has 3 rings (SSSR count). The second-order valence-electron chi connectivity index (χ2n) is 6.07. The first-order valence-electron chi connectivity index (χ1n) is 7.98. The van der Waals surface area contributed by atoms with Crippen LogP contribution in [0.25, 0.3) is 0 Å². The van der Waals surface area contributed by atoms with Crippen molar-refractivity contribution in [2.24, 2.45) is 10.8 Å². The van der Waals surface area contributed by atoms with E-state index in [2.05, 4.69) is 15.2 Å². The van der Waals surface area contributed by atoms with Gasteiger partial charge in [-0.25, -0.2) is 10.8 Å². The van der Waals surface area contributed by atoms with Gasteiger partial charge in [-0.2, -0.15) is 0 Å². The van der Waals surface area contributed by atoms with Crippen LogP contribution in [0.15, 0.2) is 4.99 Å². The second-order valence-corrected chi connectivity index (χ2v) is 6.07. The van der Waals surface area contributed by atoms with Crippen molar-refractivity contribution in [1.82, 2.24) is 15.2 Å². The summed E-state index contributed by atoms with van der Waals surface area (Å²) in [6, 6.07) is 1.10. The van der Waals surface area contributed by atoms with Crippen molar-refractivity contribution in [3.8, 4) is 0 Å². The molecule has 1 unspecified atom stereocenters. The summed E-state index contributed by atoms with van der Waals surface area (Å²) in [6.45, 7) is 5.95. The average Bonchev–Trinajstić information content (AvgIpc) is 3.17. The number of rotatable bonds is 2. The maximum atomic E-state index is 5.70. The standard InChI is InChI=1S/C14H27N5O/c15-17-14(16-12-3-1-2-4-12)19-6-5-13(11-19)18-7-9-20-10-8-18/h12-13H,1-11,15H2,(H,16,17). The minimum Gasteiger partial charge on any atom is -0.379 e. The predicted octanol–water partition coefficient (Wildman–Crippen LogP) is 0.155. The molecular formula is C14H27N5O. The summed E-state index contributed by atoms with van der Waals surface area (Å²) >= 11 is 0. The summed E-state index contributed by atoms with van der Waals surface area (Å²) in [5.74, 6) is 6.59. The van der Waals surface area contributed by atoms with Crippen LogP contribution in [0.5, 0.6) is 0 Å². The van der Waals surface area contributed by atoms with Gasteiger partial charge in [0, 0.05) is 32.2 Å². The third kappa shape index (κ3) is 3.24. The van der Waals surface area contributed by atoms with Crippen LogP contribution in [-0.4, -0.2) is 67.2 Å². The number of nitrogens with two attached hydrogens (primary N) is 1. The molecule has 6 nitrogen and oxygen atoms in total. The van der Waals surface area contributed by atoms with Gasteiger partial charge in [0.1, 0.15) is 0 Å². The number of guanidine groups is 1. The van der Waals surface area contributed by atoms with Gasteiger partial charge in [-0.15, -0.1) is 0 Å². The number of hydrazine groups is 1. The van der Waals surface area contributed by atoms with Gasteiger partial charge in [-0.1, -0.05) is 12.8 Å². The van der Waals surface area contributed by atoms with E-state index in [0.717, 1.165) is 45.4 Å². The zero-order chi connectivity index (χ0) is 13.8. The minimum atomic E-state index is 0.475. The van der Waals surface area contributed by atoms with Crippen molar-refractivity contribution in [3.63, 3.8) is 0 Å². The third-order valence-corrected chi connectivity index (χ3v) is 4.78. The Morgan fingerprint density at radius 3 is 2.55 bits per heavy atom. The van der Waals surface area contributed by atoms with Crippen molar-refractivity contribution in [1.29, 1.82) is 0 Å². The molecule has 0 radical (unpaired) electrons. The van der Waals surface area contributed by atoms with Crippen molar-refractivity contribution >= 4 is 5.96 Å². The van der Waals surface area contributed by atoms with Gasteiger partial charge < -0.3 is 9.64 Å². The molecule has 2 saturated heterocycles. The first-order chi connectivity index (χ1) is 9.86. The topological polar surface area (TPSA) is 66.1 Å². The number of ether oxygens (including phenoxy) is 1. The molecule has 2 aliphatic heterocycles. The molecule has 20 heavy (non-hydrogen) atoms. The highest BCUT2D eigenvalue weighted by atomic mass is 16.5. The van der Waals surface area contributed by atoms with E-state index in [9.17, 15) is 0 Å². The fourth-order valence-electron chi connectivity index (χ4n) is 3.59. The van der Waals surface area contributed by atoms with E-state index >= 15 is 0 Å². The molecule has 3 fully saturated rings. The number of hydrogen-bond donors (Lipinski definition) is 2. The summed E-state index contributed by atoms with van der Waals surface area (Å²) in [4.78, 5) is 9.69. The van der Waals surface area contributed by atoms with E-state index in [0.29, 0.717) is 12.1 Å². The van der Waals surface area contributed by atoms with Crippen molar-refractivity contribution in [3.05, 3.63) is 0 Å². The van der Waals surface area contributed by atoms with Crippen LogP contribution in [-0.2, 0) is 4.74 Å². The molecule has 2 heterocycles. The minimum absolute atomic E-state index is 0.475. The quantitative estimate of drug-likeness (QED) is 0.326. The Labute approximate surface area is 121 Å². The van der Waals surface area contributed by atoms with Gasteiger partial charge in [0.2, 0.25) is 5.96 Å². The van der Waals surface area contributed by atoms with Crippen molar-refractivity contribution in [2.45, 2.75) is 44.2 Å². The Bertz CT molecular complexity index is 336. The van der Waals surface area contributed by atoms with E-state index in [1.807, 2.05) is 0 Å². The fraction of sp³-hybridized carbons (Fsp3) is 0.929. The molecule has 6 heteroatoms. The van der Waals surface area contributed by atoms with E-state index in [1.165, 1.54) is 32.1 Å². The Hall–Kier alpha value is -0.850. The smallest absolute Gasteiger partial charge is 0.208 e. The van der Waals surface area contributed by atoms with Gasteiger partial charge in [0.25, 0.3) is 0 Å².